The van der Waals surface area contributed by atoms with Gasteiger partial charge in [-0.2, -0.15) is 0 Å². The normalized spacial score (nSPS) is 11.6. The molecule has 1 N–H and O–H groups in total. The molecule has 0 saturated heterocycles. The Morgan fingerprint density at radius 2 is 1.94 bits per heavy atom. The van der Waals surface area contributed by atoms with E-state index in [1.165, 1.54) is 24.4 Å². The van der Waals surface area contributed by atoms with Gasteiger partial charge in [-0.15, -0.1) is 4.98 Å². The Morgan fingerprint density at radius 1 is 1.24 bits per heavy atom. The molecule has 0 aliphatic rings. The highest BCUT2D eigenvalue weighted by atomic mass is 32.2. The fourth-order valence-corrected chi connectivity index (χ4v) is 4.74. The number of aromatic nitrogens is 1. The fourth-order valence-electron chi connectivity index (χ4n) is 3.71. The van der Waals surface area contributed by atoms with E-state index in [2.05, 4.69) is 19.5 Å². The number of amides is 1. The summed E-state index contributed by atoms with van der Waals surface area (Å²) in [5, 5.41) is 0. The predicted octanol–water partition coefficient (Wildman–Crippen LogP) is 4.28. The van der Waals surface area contributed by atoms with Crippen molar-refractivity contribution < 1.29 is 17.6 Å². The summed E-state index contributed by atoms with van der Waals surface area (Å²) >= 11 is 0. The largest absolute Gasteiger partial charge is 0.361 e. The topological polar surface area (TPSA) is 83.7 Å². The van der Waals surface area contributed by atoms with Crippen molar-refractivity contribution in [3.05, 3.63) is 58.8 Å². The maximum atomic E-state index is 14.4. The Kier molecular flexibility index (Phi) is 9.50. The molecule has 0 aliphatic carbocycles. The zero-order valence-corrected chi connectivity index (χ0v) is 20.4. The van der Waals surface area contributed by atoms with Gasteiger partial charge in [-0.05, 0) is 78.5 Å². The van der Waals surface area contributed by atoms with Crippen molar-refractivity contribution in [3.63, 3.8) is 0 Å². The van der Waals surface area contributed by atoms with E-state index in [1.54, 1.807) is 6.07 Å². The Hall–Kier alpha value is -2.83. The molecule has 0 bridgehead atoms. The number of rotatable bonds is 11. The summed E-state index contributed by atoms with van der Waals surface area (Å²) in [5.74, 6) is -1.25. The van der Waals surface area contributed by atoms with Gasteiger partial charge in [0.05, 0.1) is 12.2 Å². The van der Waals surface area contributed by atoms with Gasteiger partial charge in [0.15, 0.2) is 0 Å². The number of carbonyl (C=O) groups is 1. The first-order valence-corrected chi connectivity index (χ1v) is 12.7. The molecule has 0 atom stereocenters. The number of benzene rings is 1. The molecular formula is C24H31FN4O3S. The van der Waals surface area contributed by atoms with Crippen molar-refractivity contribution in [2.75, 3.05) is 25.4 Å². The lowest BCUT2D eigenvalue weighted by atomic mass is 9.88. The summed E-state index contributed by atoms with van der Waals surface area (Å²) in [7, 11) is -3.79. The van der Waals surface area contributed by atoms with E-state index < -0.39 is 21.7 Å². The van der Waals surface area contributed by atoms with Crippen molar-refractivity contribution in [1.29, 1.82) is 0 Å². The van der Waals surface area contributed by atoms with Crippen molar-refractivity contribution in [2.24, 2.45) is 0 Å². The minimum absolute atomic E-state index is 0.102. The molecule has 1 aromatic heterocycles. The average Bonchev–Trinajstić information content (AvgIpc) is 2.77. The molecule has 9 heteroatoms. The van der Waals surface area contributed by atoms with Crippen LogP contribution in [0.5, 0.6) is 0 Å². The van der Waals surface area contributed by atoms with E-state index >= 15 is 0 Å². The highest BCUT2D eigenvalue weighted by Crippen LogP contribution is 2.33. The molecule has 0 spiro atoms. The van der Waals surface area contributed by atoms with E-state index in [9.17, 15) is 17.6 Å². The van der Waals surface area contributed by atoms with Gasteiger partial charge in [-0.1, -0.05) is 34.3 Å². The third-order valence-electron chi connectivity index (χ3n) is 5.43. The van der Waals surface area contributed by atoms with Gasteiger partial charge < -0.3 is 9.74 Å². The first kappa shape index (κ1) is 26.4. The van der Waals surface area contributed by atoms with Crippen molar-refractivity contribution in [1.82, 2.24) is 14.6 Å². The molecule has 0 aliphatic heterocycles. The molecule has 0 saturated carbocycles. The van der Waals surface area contributed by atoms with Crippen molar-refractivity contribution in [3.8, 4) is 11.1 Å². The lowest BCUT2D eigenvalue weighted by molar-refractivity contribution is -0.118. The molecule has 0 fully saturated rings. The molecular weight excluding hydrogens is 443 g/mol. The molecule has 33 heavy (non-hydrogen) atoms. The van der Waals surface area contributed by atoms with Crippen LogP contribution in [0, 0.1) is 12.4 Å². The van der Waals surface area contributed by atoms with Crippen molar-refractivity contribution >= 4 is 21.7 Å². The van der Waals surface area contributed by atoms with Crippen LogP contribution in [-0.4, -0.2) is 49.6 Å². The number of nitrogens with one attached hydrogen (secondary N) is 1. The molecule has 1 aromatic carbocycles. The number of halogens is 1. The van der Waals surface area contributed by atoms with Crippen LogP contribution >= 0.6 is 0 Å². The van der Waals surface area contributed by atoms with E-state index in [0.717, 1.165) is 13.1 Å². The standard InChI is InChI=1S/C24H31FN4O3S/c1-6-29(7-2)11-8-12-33(31,32)28-24(30)16-22-20(17(3)4)14-19(25)15-21(22)18-9-10-27-23(13-18)26-5/h9-10,13-15,17H,6-8,11-12,16H2,1-4H3,(H,28,30). The van der Waals surface area contributed by atoms with Gasteiger partial charge in [0, 0.05) is 0 Å². The summed E-state index contributed by atoms with van der Waals surface area (Å²) in [4.78, 5) is 22.1. The predicted molar refractivity (Wildman–Crippen MR) is 128 cm³/mol. The van der Waals surface area contributed by atoms with E-state index in [4.69, 9.17) is 6.57 Å². The van der Waals surface area contributed by atoms with E-state index in [0.29, 0.717) is 35.2 Å². The number of hydrogen-bond acceptors (Lipinski definition) is 5. The maximum Gasteiger partial charge on any atom is 0.270 e. The summed E-state index contributed by atoms with van der Waals surface area (Å²) in [6.45, 7) is 17.2. The highest BCUT2D eigenvalue weighted by Gasteiger charge is 2.21. The summed E-state index contributed by atoms with van der Waals surface area (Å²) < 4.78 is 41.5. The van der Waals surface area contributed by atoms with Gasteiger partial charge in [0.25, 0.3) is 5.82 Å². The first-order valence-electron chi connectivity index (χ1n) is 11.0. The number of carbonyl (C=O) groups excluding carboxylic acids is 1. The lowest BCUT2D eigenvalue weighted by Gasteiger charge is -2.19. The molecule has 178 valence electrons. The summed E-state index contributed by atoms with van der Waals surface area (Å²) in [6.07, 6.45) is 1.64. The Bertz CT molecular complexity index is 1120. The van der Waals surface area contributed by atoms with Crippen LogP contribution in [0.15, 0.2) is 30.5 Å². The second-order valence-corrected chi connectivity index (χ2v) is 9.93. The monoisotopic (exact) mass is 474 g/mol. The van der Waals surface area contributed by atoms with Crippen LogP contribution in [0.2, 0.25) is 0 Å². The third kappa shape index (κ3) is 7.62. The van der Waals surface area contributed by atoms with Crippen LogP contribution in [0.25, 0.3) is 16.0 Å². The van der Waals surface area contributed by atoms with E-state index in [1.807, 2.05) is 27.7 Å². The fraction of sp³-hybridized carbons (Fsp3) is 0.458. The van der Waals surface area contributed by atoms with Gasteiger partial charge in [-0.3, -0.25) is 9.52 Å². The van der Waals surface area contributed by atoms with Crippen LogP contribution in [-0.2, 0) is 21.2 Å². The molecule has 1 amide bonds. The van der Waals surface area contributed by atoms with Crippen LogP contribution in [0.4, 0.5) is 10.2 Å². The van der Waals surface area contributed by atoms with Gasteiger partial charge in [-0.25, -0.2) is 12.8 Å². The summed E-state index contributed by atoms with van der Waals surface area (Å²) in [5.41, 5.74) is 2.13. The van der Waals surface area contributed by atoms with Gasteiger partial charge >= 0.3 is 0 Å². The molecule has 0 unspecified atom stereocenters. The second kappa shape index (κ2) is 11.9. The van der Waals surface area contributed by atoms with Crippen LogP contribution < -0.4 is 4.72 Å². The lowest BCUT2D eigenvalue weighted by Crippen LogP contribution is -2.35. The Labute approximate surface area is 195 Å². The molecule has 0 radical (unpaired) electrons. The number of pyridine rings is 1. The molecule has 7 nitrogen and oxygen atoms in total. The van der Waals surface area contributed by atoms with Crippen LogP contribution in [0.3, 0.4) is 0 Å². The molecule has 1 heterocycles. The zero-order chi connectivity index (χ0) is 24.6. The smallest absolute Gasteiger partial charge is 0.270 e. The minimum atomic E-state index is -3.79. The van der Waals surface area contributed by atoms with Crippen LogP contribution in [0.1, 0.15) is 51.2 Å². The molecule has 2 rings (SSSR count). The average molecular weight is 475 g/mol. The van der Waals surface area contributed by atoms with Crippen molar-refractivity contribution in [2.45, 2.75) is 46.5 Å². The SMILES string of the molecule is [C-]#[N+]c1cc(-c2cc(F)cc(C(C)C)c2CC(=O)NS(=O)(=O)CCCN(CC)CC)ccn1. The maximum absolute atomic E-state index is 14.4. The number of hydrogen-bond donors (Lipinski definition) is 1. The van der Waals surface area contributed by atoms with Gasteiger partial charge in [0.2, 0.25) is 15.9 Å². The van der Waals surface area contributed by atoms with Gasteiger partial charge in [0.1, 0.15) is 12.0 Å². The quantitative estimate of drug-likeness (QED) is 0.492. The first-order chi connectivity index (χ1) is 15.6. The highest BCUT2D eigenvalue weighted by molar-refractivity contribution is 7.90. The third-order valence-corrected chi connectivity index (χ3v) is 6.80. The number of sulfonamides is 1. The Morgan fingerprint density at radius 3 is 2.55 bits per heavy atom. The second-order valence-electron chi connectivity index (χ2n) is 8.09. The number of nitrogens with zero attached hydrogens (tertiary/aromatic N) is 3. The Balaban J connectivity index is 2.30. The minimum Gasteiger partial charge on any atom is -0.361 e. The van der Waals surface area contributed by atoms with E-state index in [-0.39, 0.29) is 23.9 Å². The zero-order valence-electron chi connectivity index (χ0n) is 19.6. The molecule has 2 aromatic rings. The summed E-state index contributed by atoms with van der Waals surface area (Å²) in [6, 6.07) is 5.83.